The van der Waals surface area contributed by atoms with Gasteiger partial charge in [0.05, 0.1) is 0 Å². The highest BCUT2D eigenvalue weighted by molar-refractivity contribution is 7.19. The predicted molar refractivity (Wildman–Crippen MR) is 43.1 cm³/mol. The molecule has 0 aromatic heterocycles. The van der Waals surface area contributed by atoms with Crippen LogP contribution in [0.15, 0.2) is 0 Å². The second kappa shape index (κ2) is 3.57. The van der Waals surface area contributed by atoms with E-state index < -0.39 is 13.2 Å². The van der Waals surface area contributed by atoms with Crippen molar-refractivity contribution in [2.75, 3.05) is 0 Å². The van der Waals surface area contributed by atoms with Crippen molar-refractivity contribution in [3.8, 4) is 0 Å². The summed E-state index contributed by atoms with van der Waals surface area (Å²) in [5.74, 6) is -0.732. The van der Waals surface area contributed by atoms with Crippen molar-refractivity contribution in [2.45, 2.75) is 38.7 Å². The predicted octanol–water partition coefficient (Wildman–Crippen LogP) is 3.11. The Kier molecular flexibility index (Phi) is 3.74. The molecular formula is C6H14ClFSi. The van der Waals surface area contributed by atoms with Crippen LogP contribution in [0.2, 0.25) is 13.1 Å². The molecule has 0 aliphatic rings. The van der Waals surface area contributed by atoms with Gasteiger partial charge in [-0.2, -0.15) is 11.1 Å². The van der Waals surface area contributed by atoms with Gasteiger partial charge in [-0.25, -0.2) is 4.39 Å². The smallest absolute Gasteiger partial charge is 0.187 e. The van der Waals surface area contributed by atoms with Crippen molar-refractivity contribution in [1.82, 2.24) is 0 Å². The lowest BCUT2D eigenvalue weighted by Crippen LogP contribution is -2.31. The van der Waals surface area contributed by atoms with Gasteiger partial charge in [-0.1, -0.05) is 26.4 Å². The normalized spacial score (nSPS) is 15.7. The highest BCUT2D eigenvalue weighted by Crippen LogP contribution is 2.20. The zero-order valence-electron chi connectivity index (χ0n) is 6.25. The summed E-state index contributed by atoms with van der Waals surface area (Å²) in [7, 11) is -1.98. The number of hydrogen-bond acceptors (Lipinski definition) is 0. The van der Waals surface area contributed by atoms with Gasteiger partial charge in [0, 0.05) is 0 Å². The van der Waals surface area contributed by atoms with Crippen LogP contribution in [0.1, 0.15) is 19.8 Å². The van der Waals surface area contributed by atoms with Crippen LogP contribution in [0.5, 0.6) is 0 Å². The molecule has 0 bridgehead atoms. The van der Waals surface area contributed by atoms with E-state index in [9.17, 15) is 4.39 Å². The van der Waals surface area contributed by atoms with Crippen molar-refractivity contribution in [3.63, 3.8) is 0 Å². The van der Waals surface area contributed by atoms with Crippen LogP contribution in [-0.2, 0) is 0 Å². The van der Waals surface area contributed by atoms with Crippen LogP contribution < -0.4 is 0 Å². The van der Waals surface area contributed by atoms with Crippen LogP contribution in [0, 0.1) is 0 Å². The fourth-order valence-electron chi connectivity index (χ4n) is 0.597. The molecule has 0 amide bonds. The molecule has 1 unspecified atom stereocenters. The van der Waals surface area contributed by atoms with Gasteiger partial charge < -0.3 is 0 Å². The summed E-state index contributed by atoms with van der Waals surface area (Å²) in [4.78, 5) is 0. The third-order valence-electron chi connectivity index (χ3n) is 1.29. The molecule has 1 atom stereocenters. The minimum atomic E-state index is -1.98. The molecule has 0 aromatic carbocycles. The molecule has 0 heterocycles. The van der Waals surface area contributed by atoms with E-state index in [1.165, 1.54) is 0 Å². The van der Waals surface area contributed by atoms with Crippen molar-refractivity contribution in [1.29, 1.82) is 0 Å². The molecule has 0 saturated carbocycles. The number of rotatable bonds is 3. The van der Waals surface area contributed by atoms with E-state index in [2.05, 4.69) is 0 Å². The summed E-state index contributed by atoms with van der Waals surface area (Å²) in [6.45, 7) is 5.66. The van der Waals surface area contributed by atoms with E-state index in [1.807, 2.05) is 20.0 Å². The van der Waals surface area contributed by atoms with Gasteiger partial charge in [-0.15, -0.1) is 0 Å². The summed E-state index contributed by atoms with van der Waals surface area (Å²) in [5, 5.41) is 0. The van der Waals surface area contributed by atoms with Gasteiger partial charge in [-0.05, 0) is 6.42 Å². The fourth-order valence-corrected chi connectivity index (χ4v) is 1.90. The number of alkyl halides is 1. The highest BCUT2D eigenvalue weighted by atomic mass is 35.6. The maximum absolute atomic E-state index is 12.8. The van der Waals surface area contributed by atoms with Gasteiger partial charge >= 0.3 is 0 Å². The average Bonchev–Trinajstić information content (AvgIpc) is 1.64. The first kappa shape index (κ1) is 9.44. The Labute approximate surface area is 62.1 Å². The van der Waals surface area contributed by atoms with Crippen LogP contribution in [0.25, 0.3) is 0 Å². The van der Waals surface area contributed by atoms with Crippen molar-refractivity contribution in [3.05, 3.63) is 0 Å². The summed E-state index contributed by atoms with van der Waals surface area (Å²) in [6, 6.07) is 0. The lowest BCUT2D eigenvalue weighted by molar-refractivity contribution is 0.404. The maximum atomic E-state index is 12.8. The molecule has 0 aliphatic heterocycles. The summed E-state index contributed by atoms with van der Waals surface area (Å²) in [6.07, 6.45) is 1.52. The van der Waals surface area contributed by atoms with Crippen molar-refractivity contribution >= 4 is 18.5 Å². The monoisotopic (exact) mass is 168 g/mol. The Morgan fingerprint density at radius 1 is 1.56 bits per heavy atom. The molecule has 0 N–H and O–H groups in total. The highest BCUT2D eigenvalue weighted by Gasteiger charge is 2.28. The van der Waals surface area contributed by atoms with Crippen LogP contribution in [0.3, 0.4) is 0 Å². The number of halogens is 2. The van der Waals surface area contributed by atoms with E-state index >= 15 is 0 Å². The third-order valence-corrected chi connectivity index (χ3v) is 3.78. The number of hydrogen-bond donors (Lipinski definition) is 0. The molecular weight excluding hydrogens is 155 g/mol. The van der Waals surface area contributed by atoms with E-state index in [0.29, 0.717) is 6.42 Å². The largest absolute Gasteiger partial charge is 0.250 e. The van der Waals surface area contributed by atoms with Crippen LogP contribution >= 0.6 is 11.1 Å². The van der Waals surface area contributed by atoms with Gasteiger partial charge in [0.2, 0.25) is 0 Å². The van der Waals surface area contributed by atoms with E-state index in [4.69, 9.17) is 11.1 Å². The molecule has 0 aliphatic carbocycles. The first-order valence-corrected chi connectivity index (χ1v) is 7.40. The molecule has 0 saturated heterocycles. The Balaban J connectivity index is 3.59. The van der Waals surface area contributed by atoms with Gasteiger partial charge in [0.1, 0.15) is 5.79 Å². The van der Waals surface area contributed by atoms with Crippen LogP contribution in [0.4, 0.5) is 4.39 Å². The quantitative estimate of drug-likeness (QED) is 0.449. The molecule has 0 fully saturated rings. The van der Waals surface area contributed by atoms with Gasteiger partial charge in [0.25, 0.3) is 0 Å². The summed E-state index contributed by atoms with van der Waals surface area (Å²) >= 11 is 5.83. The zero-order chi connectivity index (χ0) is 7.49. The first-order valence-electron chi connectivity index (χ1n) is 3.31. The van der Waals surface area contributed by atoms with Crippen LogP contribution in [-0.4, -0.2) is 13.2 Å². The summed E-state index contributed by atoms with van der Waals surface area (Å²) < 4.78 is 12.8. The van der Waals surface area contributed by atoms with Crippen molar-refractivity contribution < 1.29 is 4.39 Å². The molecule has 9 heavy (non-hydrogen) atoms. The Morgan fingerprint density at radius 3 is 2.11 bits per heavy atom. The Bertz CT molecular complexity index is 79.6. The molecule has 0 radical (unpaired) electrons. The lowest BCUT2D eigenvalue weighted by atomic mass is 10.4. The fraction of sp³-hybridized carbons (Fsp3) is 1.00. The SMILES string of the molecule is CCCC(F)[Si](C)(C)Cl. The molecule has 56 valence electrons. The molecule has 0 aromatic rings. The zero-order valence-corrected chi connectivity index (χ0v) is 8.00. The minimum absolute atomic E-state index is 0.628. The first-order chi connectivity index (χ1) is 3.98. The second-order valence-corrected chi connectivity index (χ2v) is 9.50. The second-order valence-electron chi connectivity index (χ2n) is 2.82. The molecule has 0 rings (SSSR count). The Morgan fingerprint density at radius 2 is 2.00 bits per heavy atom. The van der Waals surface area contributed by atoms with Gasteiger partial charge in [-0.3, -0.25) is 0 Å². The van der Waals surface area contributed by atoms with E-state index in [1.54, 1.807) is 0 Å². The standard InChI is InChI=1S/C6H14ClFSi/c1-4-5-6(8)9(2,3)7/h6H,4-5H2,1-3H3. The topological polar surface area (TPSA) is 0 Å². The maximum Gasteiger partial charge on any atom is 0.187 e. The minimum Gasteiger partial charge on any atom is -0.250 e. The average molecular weight is 169 g/mol. The lowest BCUT2D eigenvalue weighted by Gasteiger charge is -2.17. The van der Waals surface area contributed by atoms with E-state index in [-0.39, 0.29) is 0 Å². The Hall–Kier alpha value is 0.437. The molecule has 3 heteroatoms. The van der Waals surface area contributed by atoms with Crippen molar-refractivity contribution in [2.24, 2.45) is 0 Å². The molecule has 0 nitrogen and oxygen atoms in total. The third kappa shape index (κ3) is 3.93. The summed E-state index contributed by atoms with van der Waals surface area (Å²) in [5.41, 5.74) is 0. The molecule has 0 spiro atoms. The van der Waals surface area contributed by atoms with Gasteiger partial charge in [0.15, 0.2) is 7.38 Å². The van der Waals surface area contributed by atoms with E-state index in [0.717, 1.165) is 6.42 Å².